The molecule has 0 unspecified atom stereocenters. The van der Waals surface area contributed by atoms with Gasteiger partial charge in [-0.25, -0.2) is 4.79 Å². The minimum atomic E-state index is -1.03. The molecule has 1 N–H and O–H groups in total. The summed E-state index contributed by atoms with van der Waals surface area (Å²) >= 11 is 0. The first kappa shape index (κ1) is 22.1. The number of rotatable bonds is 13. The van der Waals surface area contributed by atoms with Gasteiger partial charge in [0.25, 0.3) is 0 Å². The molecule has 0 atom stereocenters. The van der Waals surface area contributed by atoms with E-state index in [1.54, 1.807) is 12.1 Å². The Hall–Kier alpha value is -2.15. The summed E-state index contributed by atoms with van der Waals surface area (Å²) in [4.78, 5) is 11.5. The van der Waals surface area contributed by atoms with Gasteiger partial charge in [-0.05, 0) is 18.6 Å². The van der Waals surface area contributed by atoms with Crippen LogP contribution in [0.2, 0.25) is 0 Å². The lowest BCUT2D eigenvalue weighted by atomic mass is 10.0. The second-order valence-corrected chi connectivity index (χ2v) is 7.47. The van der Waals surface area contributed by atoms with Gasteiger partial charge in [-0.1, -0.05) is 89.4 Å². The van der Waals surface area contributed by atoms with E-state index in [0.717, 1.165) is 12.8 Å². The van der Waals surface area contributed by atoms with E-state index in [-0.39, 0.29) is 12.4 Å². The molecule has 0 radical (unpaired) electrons. The zero-order chi connectivity index (χ0) is 20.0. The maximum absolute atomic E-state index is 11.5. The molecule has 0 bridgehead atoms. The van der Waals surface area contributed by atoms with Gasteiger partial charge in [-0.3, -0.25) is 0 Å². The lowest BCUT2D eigenvalue weighted by Gasteiger charge is -2.03. The third-order valence-corrected chi connectivity index (χ3v) is 5.13. The lowest BCUT2D eigenvalue weighted by Crippen LogP contribution is -2.02. The van der Waals surface area contributed by atoms with Crippen molar-refractivity contribution in [3.8, 4) is 23.3 Å². The highest BCUT2D eigenvalue weighted by Gasteiger charge is 2.24. The van der Waals surface area contributed by atoms with Crippen LogP contribution in [0, 0.1) is 11.8 Å². The Labute approximate surface area is 169 Å². The molecule has 2 rings (SSSR count). The first-order valence-electron chi connectivity index (χ1n) is 10.9. The standard InChI is InChI=1S/C24H34O4/c1-2-3-4-5-6-7-8-9-10-11-12-13-14-15-16-20-17-18-21-23(28-19-27-21)22(20)24(25)26/h17-18H,2-14,19H2,1H3,(H,25,26). The predicted octanol–water partition coefficient (Wildman–Crippen LogP) is 6.56. The Morgan fingerprint density at radius 1 is 0.929 bits per heavy atom. The average Bonchev–Trinajstić information content (AvgIpc) is 3.16. The maximum atomic E-state index is 11.5. The molecule has 0 aliphatic carbocycles. The Balaban J connectivity index is 1.58. The number of hydrogen-bond donors (Lipinski definition) is 1. The zero-order valence-electron chi connectivity index (χ0n) is 17.2. The van der Waals surface area contributed by atoms with Crippen molar-refractivity contribution < 1.29 is 19.4 Å². The van der Waals surface area contributed by atoms with Gasteiger partial charge in [0.1, 0.15) is 5.56 Å². The first-order chi connectivity index (χ1) is 13.7. The van der Waals surface area contributed by atoms with Crippen LogP contribution in [0.5, 0.6) is 11.5 Å². The van der Waals surface area contributed by atoms with Gasteiger partial charge in [-0.2, -0.15) is 0 Å². The molecule has 4 nitrogen and oxygen atoms in total. The first-order valence-corrected chi connectivity index (χ1v) is 10.9. The summed E-state index contributed by atoms with van der Waals surface area (Å²) in [6, 6.07) is 3.43. The van der Waals surface area contributed by atoms with Crippen molar-refractivity contribution in [1.82, 2.24) is 0 Å². The third kappa shape index (κ3) is 7.46. The van der Waals surface area contributed by atoms with Gasteiger partial charge < -0.3 is 14.6 Å². The van der Waals surface area contributed by atoms with Gasteiger partial charge in [0.05, 0.1) is 0 Å². The van der Waals surface area contributed by atoms with E-state index in [2.05, 4.69) is 18.8 Å². The molecule has 4 heteroatoms. The SMILES string of the molecule is CCCCCCCCCCCCCCC#Cc1ccc2c(c1C(=O)O)OCO2. The average molecular weight is 387 g/mol. The second kappa shape index (κ2) is 13.1. The second-order valence-electron chi connectivity index (χ2n) is 7.47. The number of hydrogen-bond acceptors (Lipinski definition) is 3. The topological polar surface area (TPSA) is 55.8 Å². The number of fused-ring (bicyclic) bond motifs is 1. The Kier molecular flexibility index (Phi) is 10.4. The summed E-state index contributed by atoms with van der Waals surface area (Å²) in [5.41, 5.74) is 0.605. The van der Waals surface area contributed by atoms with Crippen LogP contribution in [0.15, 0.2) is 12.1 Å². The van der Waals surface area contributed by atoms with E-state index < -0.39 is 5.97 Å². The van der Waals surface area contributed by atoms with Crippen LogP contribution in [-0.2, 0) is 0 Å². The number of carbonyl (C=O) groups is 1. The molecule has 1 aliphatic rings. The molecule has 1 heterocycles. The van der Waals surface area contributed by atoms with Gasteiger partial charge >= 0.3 is 5.97 Å². The molecule has 0 fully saturated rings. The number of benzene rings is 1. The monoisotopic (exact) mass is 386 g/mol. The lowest BCUT2D eigenvalue weighted by molar-refractivity contribution is 0.0692. The van der Waals surface area contributed by atoms with Crippen LogP contribution in [0.4, 0.5) is 0 Å². The van der Waals surface area contributed by atoms with E-state index in [4.69, 9.17) is 9.47 Å². The molecule has 0 saturated carbocycles. The van der Waals surface area contributed by atoms with Gasteiger partial charge in [-0.15, -0.1) is 0 Å². The van der Waals surface area contributed by atoms with Crippen molar-refractivity contribution in [1.29, 1.82) is 0 Å². The molecule has 0 saturated heterocycles. The van der Waals surface area contributed by atoms with E-state index in [1.807, 2.05) is 0 Å². The van der Waals surface area contributed by atoms with Crippen molar-refractivity contribution in [3.05, 3.63) is 23.3 Å². The minimum Gasteiger partial charge on any atom is -0.478 e. The van der Waals surface area contributed by atoms with Gasteiger partial charge in [0.2, 0.25) is 6.79 Å². The number of carboxylic acid groups (broad SMARTS) is 1. The molecule has 1 aromatic rings. The summed E-state index contributed by atoms with van der Waals surface area (Å²) in [6.07, 6.45) is 16.6. The van der Waals surface area contributed by atoms with Crippen LogP contribution in [0.3, 0.4) is 0 Å². The predicted molar refractivity (Wildman–Crippen MR) is 112 cm³/mol. The highest BCUT2D eigenvalue weighted by Crippen LogP contribution is 2.37. The van der Waals surface area contributed by atoms with Crippen molar-refractivity contribution >= 4 is 5.97 Å². The van der Waals surface area contributed by atoms with E-state index in [0.29, 0.717) is 17.1 Å². The molecular formula is C24H34O4. The van der Waals surface area contributed by atoms with Gasteiger partial charge in [0, 0.05) is 12.0 Å². The fraction of sp³-hybridized carbons (Fsp3) is 0.625. The molecular weight excluding hydrogens is 352 g/mol. The molecule has 1 aliphatic heterocycles. The number of carboxylic acids is 1. The smallest absolute Gasteiger partial charge is 0.340 e. The highest BCUT2D eigenvalue weighted by atomic mass is 16.7. The van der Waals surface area contributed by atoms with Crippen LogP contribution in [-0.4, -0.2) is 17.9 Å². The summed E-state index contributed by atoms with van der Waals surface area (Å²) in [6.45, 7) is 2.32. The van der Waals surface area contributed by atoms with Crippen molar-refractivity contribution in [3.63, 3.8) is 0 Å². The molecule has 28 heavy (non-hydrogen) atoms. The fourth-order valence-electron chi connectivity index (χ4n) is 3.50. The number of unbranched alkanes of at least 4 members (excludes halogenated alkanes) is 12. The van der Waals surface area contributed by atoms with Crippen LogP contribution < -0.4 is 9.47 Å². The fourth-order valence-corrected chi connectivity index (χ4v) is 3.50. The molecule has 1 aromatic carbocycles. The molecule has 0 spiro atoms. The van der Waals surface area contributed by atoms with Crippen LogP contribution in [0.1, 0.15) is 106 Å². The molecule has 0 amide bonds. The van der Waals surface area contributed by atoms with Crippen LogP contribution in [0.25, 0.3) is 0 Å². The summed E-state index contributed by atoms with van der Waals surface area (Å²) in [5.74, 6) is 5.85. The summed E-state index contributed by atoms with van der Waals surface area (Å²) < 4.78 is 10.5. The quantitative estimate of drug-likeness (QED) is 0.308. The largest absolute Gasteiger partial charge is 0.478 e. The van der Waals surface area contributed by atoms with Crippen LogP contribution >= 0.6 is 0 Å². The van der Waals surface area contributed by atoms with E-state index >= 15 is 0 Å². The van der Waals surface area contributed by atoms with E-state index in [1.165, 1.54) is 70.6 Å². The molecule has 0 aromatic heterocycles. The third-order valence-electron chi connectivity index (χ3n) is 5.13. The minimum absolute atomic E-state index is 0.0609. The highest BCUT2D eigenvalue weighted by molar-refractivity contribution is 5.95. The molecule has 154 valence electrons. The van der Waals surface area contributed by atoms with Crippen molar-refractivity contribution in [2.45, 2.75) is 90.4 Å². The summed E-state index contributed by atoms with van der Waals surface area (Å²) in [5, 5.41) is 9.44. The summed E-state index contributed by atoms with van der Waals surface area (Å²) in [7, 11) is 0. The maximum Gasteiger partial charge on any atom is 0.340 e. The number of ether oxygens (including phenoxy) is 2. The van der Waals surface area contributed by atoms with E-state index in [9.17, 15) is 9.90 Å². The zero-order valence-corrected chi connectivity index (χ0v) is 17.2. The van der Waals surface area contributed by atoms with Gasteiger partial charge in [0.15, 0.2) is 11.5 Å². The Morgan fingerprint density at radius 3 is 2.14 bits per heavy atom. The normalized spacial score (nSPS) is 11.9. The van der Waals surface area contributed by atoms with Crippen molar-refractivity contribution in [2.75, 3.05) is 6.79 Å². The number of aromatic carboxylic acids is 1. The Morgan fingerprint density at radius 2 is 1.54 bits per heavy atom. The van der Waals surface area contributed by atoms with Crippen molar-refractivity contribution in [2.24, 2.45) is 0 Å². The Bertz CT molecular complexity index is 669.